The van der Waals surface area contributed by atoms with E-state index in [2.05, 4.69) is 11.9 Å². The Hall–Kier alpha value is -1.04. The number of hydrogen-bond donors (Lipinski definition) is 0. The van der Waals surface area contributed by atoms with Crippen LogP contribution < -0.4 is 0 Å². The number of nitro groups is 1. The van der Waals surface area contributed by atoms with Gasteiger partial charge in [0, 0.05) is 12.8 Å². The number of rotatable bonds is 4. The highest BCUT2D eigenvalue weighted by Crippen LogP contribution is 2.20. The van der Waals surface area contributed by atoms with Gasteiger partial charge in [-0.15, -0.1) is 0 Å². The van der Waals surface area contributed by atoms with Gasteiger partial charge in [0.1, 0.15) is 6.20 Å². The summed E-state index contributed by atoms with van der Waals surface area (Å²) in [5.41, 5.74) is 0. The summed E-state index contributed by atoms with van der Waals surface area (Å²) in [6.45, 7) is 2.06. The maximum absolute atomic E-state index is 10.4. The Morgan fingerprint density at radius 2 is 2.46 bits per heavy atom. The van der Waals surface area contributed by atoms with Gasteiger partial charge >= 0.3 is 5.82 Å². The molecule has 0 aliphatic heterocycles. The molecule has 0 amide bonds. The van der Waals surface area contributed by atoms with Gasteiger partial charge in [-0.3, -0.25) is 0 Å². The van der Waals surface area contributed by atoms with Gasteiger partial charge in [-0.25, -0.2) is 0 Å². The van der Waals surface area contributed by atoms with Crippen molar-refractivity contribution in [3.05, 3.63) is 16.3 Å². The summed E-state index contributed by atoms with van der Waals surface area (Å²) in [6, 6.07) is 0. The van der Waals surface area contributed by atoms with Gasteiger partial charge in [0.2, 0.25) is 0 Å². The molecule has 1 rings (SSSR count). The molecule has 1 aromatic rings. The molecule has 72 valence electrons. The zero-order valence-corrected chi connectivity index (χ0v) is 8.37. The zero-order valence-electron chi connectivity index (χ0n) is 7.56. The minimum absolute atomic E-state index is 0.0823. The largest absolute Gasteiger partial charge is 0.382 e. The Labute approximate surface area is 80.3 Å². The topological polar surface area (TPSA) is 61.0 Å². The average molecular weight is 201 g/mol. The van der Waals surface area contributed by atoms with Crippen LogP contribution in [-0.4, -0.2) is 20.2 Å². The predicted octanol–water partition coefficient (Wildman–Crippen LogP) is 1.83. The van der Waals surface area contributed by atoms with E-state index in [1.165, 1.54) is 18.0 Å². The second-order valence-corrected chi connectivity index (χ2v) is 3.66. The smallest absolute Gasteiger partial charge is 0.358 e. The van der Waals surface area contributed by atoms with E-state index in [1.807, 2.05) is 0 Å². The quantitative estimate of drug-likeness (QED) is 0.423. The van der Waals surface area contributed by atoms with E-state index in [-0.39, 0.29) is 5.82 Å². The number of aromatic nitrogens is 2. The number of thioether (sulfide) groups is 1. The van der Waals surface area contributed by atoms with Crippen molar-refractivity contribution >= 4 is 17.6 Å². The Morgan fingerprint density at radius 1 is 1.77 bits per heavy atom. The summed E-state index contributed by atoms with van der Waals surface area (Å²) < 4.78 is 1.68. The number of aryl methyl sites for hydroxylation is 1. The molecule has 5 nitrogen and oxygen atoms in total. The third kappa shape index (κ3) is 2.45. The van der Waals surface area contributed by atoms with Gasteiger partial charge < -0.3 is 14.7 Å². The molecule has 0 aromatic carbocycles. The minimum atomic E-state index is -0.476. The van der Waals surface area contributed by atoms with Crippen molar-refractivity contribution < 1.29 is 4.92 Å². The van der Waals surface area contributed by atoms with Crippen molar-refractivity contribution in [1.29, 1.82) is 0 Å². The van der Waals surface area contributed by atoms with Crippen LogP contribution in [0.1, 0.15) is 13.3 Å². The van der Waals surface area contributed by atoms with Crippen molar-refractivity contribution in [3.63, 3.8) is 0 Å². The molecular weight excluding hydrogens is 190 g/mol. The van der Waals surface area contributed by atoms with Crippen LogP contribution in [-0.2, 0) is 7.05 Å². The van der Waals surface area contributed by atoms with Gasteiger partial charge in [-0.2, -0.15) is 0 Å². The van der Waals surface area contributed by atoms with Gasteiger partial charge in [-0.1, -0.05) is 18.7 Å². The highest BCUT2D eigenvalue weighted by atomic mass is 32.2. The van der Waals surface area contributed by atoms with Gasteiger partial charge in [0.05, 0.1) is 0 Å². The summed E-state index contributed by atoms with van der Waals surface area (Å²) in [5, 5.41) is 11.1. The van der Waals surface area contributed by atoms with E-state index in [0.717, 1.165) is 12.2 Å². The van der Waals surface area contributed by atoms with E-state index in [9.17, 15) is 10.1 Å². The molecule has 1 heterocycles. The Morgan fingerprint density at radius 3 is 2.92 bits per heavy atom. The lowest BCUT2D eigenvalue weighted by molar-refractivity contribution is -0.389. The Bertz CT molecular complexity index is 311. The van der Waals surface area contributed by atoms with Crippen molar-refractivity contribution in [3.8, 4) is 0 Å². The molecule has 0 saturated heterocycles. The second kappa shape index (κ2) is 4.27. The van der Waals surface area contributed by atoms with Crippen molar-refractivity contribution in [2.75, 3.05) is 5.75 Å². The first kappa shape index (κ1) is 10.0. The first-order valence-corrected chi connectivity index (χ1v) is 4.94. The fraction of sp³-hybridized carbons (Fsp3) is 0.571. The van der Waals surface area contributed by atoms with Crippen molar-refractivity contribution in [1.82, 2.24) is 9.55 Å². The molecule has 0 N–H and O–H groups in total. The molecule has 0 spiro atoms. The molecule has 0 bridgehead atoms. The summed E-state index contributed by atoms with van der Waals surface area (Å²) in [6.07, 6.45) is 2.46. The summed E-state index contributed by atoms with van der Waals surface area (Å²) in [7, 11) is 1.76. The molecule has 0 saturated carbocycles. The summed E-state index contributed by atoms with van der Waals surface area (Å²) in [5.74, 6) is 0.850. The maximum atomic E-state index is 10.4. The molecule has 0 aliphatic rings. The van der Waals surface area contributed by atoms with Crippen LogP contribution in [0, 0.1) is 10.1 Å². The third-order valence-electron chi connectivity index (χ3n) is 1.44. The molecule has 1 aromatic heterocycles. The molecule has 0 aliphatic carbocycles. The van der Waals surface area contributed by atoms with Crippen molar-refractivity contribution in [2.24, 2.45) is 7.05 Å². The fourth-order valence-electron chi connectivity index (χ4n) is 0.850. The van der Waals surface area contributed by atoms with Crippen LogP contribution in [0.4, 0.5) is 5.82 Å². The number of hydrogen-bond acceptors (Lipinski definition) is 4. The maximum Gasteiger partial charge on any atom is 0.382 e. The third-order valence-corrected chi connectivity index (χ3v) is 2.69. The van der Waals surface area contributed by atoms with Gasteiger partial charge in [0.25, 0.3) is 5.16 Å². The Kier molecular flexibility index (Phi) is 3.30. The standard InChI is InChI=1S/C7H11N3O2S/c1-3-4-13-7-8-6(10(11)12)5-9(7)2/h5H,3-4H2,1-2H3. The van der Waals surface area contributed by atoms with Gasteiger partial charge in [-0.05, 0) is 16.3 Å². The summed E-state index contributed by atoms with van der Waals surface area (Å²) >= 11 is 1.53. The average Bonchev–Trinajstić information content (AvgIpc) is 2.44. The van der Waals surface area contributed by atoms with Crippen molar-refractivity contribution in [2.45, 2.75) is 18.5 Å². The molecule has 6 heteroatoms. The van der Waals surface area contributed by atoms with E-state index < -0.39 is 4.92 Å². The van der Waals surface area contributed by atoms with Crippen LogP contribution >= 0.6 is 11.8 Å². The van der Waals surface area contributed by atoms with Crippen LogP contribution in [0.15, 0.2) is 11.4 Å². The highest BCUT2D eigenvalue weighted by Gasteiger charge is 2.15. The van der Waals surface area contributed by atoms with Gasteiger partial charge in [0.15, 0.2) is 0 Å². The minimum Gasteiger partial charge on any atom is -0.358 e. The lowest BCUT2D eigenvalue weighted by atomic mass is 10.6. The first-order valence-electron chi connectivity index (χ1n) is 3.95. The molecule has 0 radical (unpaired) electrons. The highest BCUT2D eigenvalue weighted by molar-refractivity contribution is 7.99. The molecule has 13 heavy (non-hydrogen) atoms. The van der Waals surface area contributed by atoms with E-state index >= 15 is 0 Å². The SMILES string of the molecule is CCCSc1nc([N+](=O)[O-])cn1C. The monoisotopic (exact) mass is 201 g/mol. The van der Waals surface area contributed by atoms with E-state index in [1.54, 1.807) is 11.6 Å². The lowest BCUT2D eigenvalue weighted by Crippen LogP contribution is -1.89. The predicted molar refractivity (Wildman–Crippen MR) is 50.9 cm³/mol. The van der Waals surface area contributed by atoms with E-state index in [4.69, 9.17) is 0 Å². The lowest BCUT2D eigenvalue weighted by Gasteiger charge is -1.92. The Balaban J connectivity index is 2.77. The molecular formula is C7H11N3O2S. The second-order valence-electron chi connectivity index (χ2n) is 2.60. The normalized spacial score (nSPS) is 10.3. The summed E-state index contributed by atoms with van der Waals surface area (Å²) in [4.78, 5) is 13.8. The molecule has 0 unspecified atom stereocenters. The fourth-order valence-corrected chi connectivity index (χ4v) is 1.65. The van der Waals surface area contributed by atoms with Crippen LogP contribution in [0.5, 0.6) is 0 Å². The number of nitrogens with zero attached hydrogens (tertiary/aromatic N) is 3. The number of imidazole rings is 1. The van der Waals surface area contributed by atoms with Crippen LogP contribution in [0.2, 0.25) is 0 Å². The zero-order chi connectivity index (χ0) is 9.84. The van der Waals surface area contributed by atoms with E-state index in [0.29, 0.717) is 5.16 Å². The molecule has 0 fully saturated rings. The molecule has 0 atom stereocenters. The van der Waals surface area contributed by atoms with Crippen LogP contribution in [0.25, 0.3) is 0 Å². The first-order chi connectivity index (χ1) is 6.15. The van der Waals surface area contributed by atoms with Crippen LogP contribution in [0.3, 0.4) is 0 Å².